The number of para-hydroxylation sites is 2. The second kappa shape index (κ2) is 5.35. The van der Waals surface area contributed by atoms with Gasteiger partial charge in [0.25, 0.3) is 0 Å². The molecule has 2 fully saturated rings. The van der Waals surface area contributed by atoms with Gasteiger partial charge in [0, 0.05) is 12.5 Å². The first-order valence-corrected chi connectivity index (χ1v) is 7.59. The third-order valence-corrected chi connectivity index (χ3v) is 4.20. The van der Waals surface area contributed by atoms with Crippen LogP contribution in [0.5, 0.6) is 0 Å². The number of benzene rings is 1. The maximum Gasteiger partial charge on any atom is 0.225 e. The zero-order valence-electron chi connectivity index (χ0n) is 12.1. The van der Waals surface area contributed by atoms with E-state index in [0.717, 1.165) is 18.4 Å². The summed E-state index contributed by atoms with van der Waals surface area (Å²) in [5.41, 5.74) is 1.45. The van der Waals surface area contributed by atoms with Crippen LogP contribution in [0.2, 0.25) is 0 Å². The molecule has 0 N–H and O–H groups in total. The minimum absolute atomic E-state index is 0.0654. The zero-order valence-corrected chi connectivity index (χ0v) is 12.1. The van der Waals surface area contributed by atoms with Crippen molar-refractivity contribution in [2.75, 3.05) is 13.1 Å². The Morgan fingerprint density at radius 1 is 1.36 bits per heavy atom. The molecule has 1 amide bonds. The van der Waals surface area contributed by atoms with Crippen LogP contribution in [0.4, 0.5) is 4.39 Å². The van der Waals surface area contributed by atoms with E-state index >= 15 is 0 Å². The van der Waals surface area contributed by atoms with Gasteiger partial charge in [-0.25, -0.2) is 9.37 Å². The summed E-state index contributed by atoms with van der Waals surface area (Å²) >= 11 is 0. The first kappa shape index (κ1) is 13.7. The highest BCUT2D eigenvalue weighted by molar-refractivity contribution is 5.81. The van der Waals surface area contributed by atoms with E-state index in [1.165, 1.54) is 0 Å². The lowest BCUT2D eigenvalue weighted by atomic mass is 10.3. The van der Waals surface area contributed by atoms with Crippen molar-refractivity contribution in [1.29, 1.82) is 0 Å². The molecule has 4 rings (SSSR count). The van der Waals surface area contributed by atoms with E-state index in [1.54, 1.807) is 4.90 Å². The molecule has 1 aromatic carbocycles. The minimum atomic E-state index is -1.15. The molecule has 1 aromatic heterocycles. The predicted octanol–water partition coefficient (Wildman–Crippen LogP) is 2.30. The van der Waals surface area contributed by atoms with Crippen molar-refractivity contribution in [1.82, 2.24) is 9.88 Å². The van der Waals surface area contributed by atoms with E-state index in [4.69, 9.17) is 9.15 Å². The summed E-state index contributed by atoms with van der Waals surface area (Å²) in [7, 11) is 0. The summed E-state index contributed by atoms with van der Waals surface area (Å²) in [4.78, 5) is 17.8. The molecule has 2 atom stereocenters. The Morgan fingerprint density at radius 2 is 2.18 bits per heavy atom. The maximum absolute atomic E-state index is 14.0. The summed E-state index contributed by atoms with van der Waals surface area (Å²) in [5, 5.41) is 0. The van der Waals surface area contributed by atoms with Crippen LogP contribution in [0.3, 0.4) is 0 Å². The molecule has 1 saturated carbocycles. The third-order valence-electron chi connectivity index (χ3n) is 4.20. The highest BCUT2D eigenvalue weighted by atomic mass is 19.1. The first-order chi connectivity index (χ1) is 10.7. The fourth-order valence-corrected chi connectivity index (χ4v) is 2.82. The van der Waals surface area contributed by atoms with Crippen LogP contribution < -0.4 is 0 Å². The van der Waals surface area contributed by atoms with Crippen LogP contribution >= 0.6 is 0 Å². The average molecular weight is 304 g/mol. The van der Waals surface area contributed by atoms with E-state index < -0.39 is 12.3 Å². The van der Waals surface area contributed by atoms with Crippen molar-refractivity contribution in [2.45, 2.75) is 31.7 Å². The Bertz CT molecular complexity index is 665. The third kappa shape index (κ3) is 2.59. The zero-order chi connectivity index (χ0) is 15.1. The van der Waals surface area contributed by atoms with E-state index in [1.807, 2.05) is 24.3 Å². The number of carbonyl (C=O) groups excluding carboxylic acids is 1. The quantitative estimate of drug-likeness (QED) is 0.870. The van der Waals surface area contributed by atoms with Gasteiger partial charge >= 0.3 is 0 Å². The molecular weight excluding hydrogens is 287 g/mol. The monoisotopic (exact) mass is 304 g/mol. The van der Waals surface area contributed by atoms with Crippen molar-refractivity contribution in [3.63, 3.8) is 0 Å². The molecule has 2 aromatic rings. The number of hydrogen-bond acceptors (Lipinski definition) is 4. The number of hydrogen-bond donors (Lipinski definition) is 0. The van der Waals surface area contributed by atoms with Gasteiger partial charge in [0.2, 0.25) is 11.8 Å². The molecule has 116 valence electrons. The number of aromatic nitrogens is 1. The van der Waals surface area contributed by atoms with Gasteiger partial charge in [0.05, 0.1) is 6.54 Å². The molecule has 6 heteroatoms. The highest BCUT2D eigenvalue weighted by Crippen LogP contribution is 2.33. The molecule has 0 spiro atoms. The number of nitrogens with zero attached hydrogens (tertiary/aromatic N) is 2. The molecule has 1 aliphatic carbocycles. The van der Waals surface area contributed by atoms with Crippen LogP contribution in [-0.2, 0) is 16.1 Å². The first-order valence-electron chi connectivity index (χ1n) is 7.59. The summed E-state index contributed by atoms with van der Waals surface area (Å²) in [6.45, 7) is 0.565. The average Bonchev–Trinajstić information content (AvgIpc) is 3.18. The molecule has 0 unspecified atom stereocenters. The van der Waals surface area contributed by atoms with Crippen LogP contribution in [0.25, 0.3) is 11.1 Å². The Balaban J connectivity index is 1.37. The largest absolute Gasteiger partial charge is 0.438 e. The number of ether oxygens (including phenoxy) is 1. The lowest BCUT2D eigenvalue weighted by molar-refractivity contribution is -0.132. The van der Waals surface area contributed by atoms with Crippen molar-refractivity contribution < 1.29 is 18.3 Å². The van der Waals surface area contributed by atoms with Crippen molar-refractivity contribution in [3.05, 3.63) is 30.2 Å². The number of alkyl halides is 1. The van der Waals surface area contributed by atoms with E-state index in [0.29, 0.717) is 18.0 Å². The maximum atomic E-state index is 14.0. The lowest BCUT2D eigenvalue weighted by Crippen LogP contribution is -2.31. The van der Waals surface area contributed by atoms with Gasteiger partial charge in [0.1, 0.15) is 24.4 Å². The molecule has 2 aliphatic rings. The second-order valence-corrected chi connectivity index (χ2v) is 5.96. The summed E-state index contributed by atoms with van der Waals surface area (Å²) in [6.07, 6.45) is 0.117. The molecule has 22 heavy (non-hydrogen) atoms. The lowest BCUT2D eigenvalue weighted by Gasteiger charge is -2.15. The number of oxazole rings is 1. The van der Waals surface area contributed by atoms with Crippen LogP contribution in [0, 0.1) is 5.92 Å². The standard InChI is InChI=1S/C16H17FN2O3/c17-11-7-19(16(20)10-5-6-10)8-14(11)21-9-15-18-12-3-1-2-4-13(12)22-15/h1-4,10-11,14H,5-9H2/t11-,14+/m1/s1. The Labute approximate surface area is 127 Å². The second-order valence-electron chi connectivity index (χ2n) is 5.96. The number of halogens is 1. The molecule has 5 nitrogen and oxygen atoms in total. The summed E-state index contributed by atoms with van der Waals surface area (Å²) < 4.78 is 25.2. The smallest absolute Gasteiger partial charge is 0.225 e. The molecule has 0 radical (unpaired) electrons. The van der Waals surface area contributed by atoms with Crippen LogP contribution in [0.15, 0.2) is 28.7 Å². The van der Waals surface area contributed by atoms with Gasteiger partial charge < -0.3 is 14.1 Å². The van der Waals surface area contributed by atoms with Gasteiger partial charge in [-0.1, -0.05) is 12.1 Å². The van der Waals surface area contributed by atoms with Crippen LogP contribution in [-0.4, -0.2) is 41.2 Å². The highest BCUT2D eigenvalue weighted by Gasteiger charge is 2.41. The fraction of sp³-hybridized carbons (Fsp3) is 0.500. The number of carbonyl (C=O) groups is 1. The number of likely N-dealkylation sites (tertiary alicyclic amines) is 1. The summed E-state index contributed by atoms with van der Waals surface area (Å²) in [6, 6.07) is 7.43. The topological polar surface area (TPSA) is 55.6 Å². The number of amides is 1. The molecular formula is C16H17FN2O3. The van der Waals surface area contributed by atoms with Gasteiger partial charge in [-0.3, -0.25) is 4.79 Å². The molecule has 1 saturated heterocycles. The normalized spacial score (nSPS) is 25.0. The van der Waals surface area contributed by atoms with E-state index in [9.17, 15) is 9.18 Å². The van der Waals surface area contributed by atoms with Crippen molar-refractivity contribution >= 4 is 17.0 Å². The summed E-state index contributed by atoms with van der Waals surface area (Å²) in [5.74, 6) is 0.610. The van der Waals surface area contributed by atoms with Gasteiger partial charge in [-0.05, 0) is 25.0 Å². The molecule has 1 aliphatic heterocycles. The van der Waals surface area contributed by atoms with E-state index in [2.05, 4.69) is 4.98 Å². The van der Waals surface area contributed by atoms with Gasteiger partial charge in [-0.2, -0.15) is 0 Å². The number of fused-ring (bicyclic) bond motifs is 1. The predicted molar refractivity (Wildman–Crippen MR) is 76.8 cm³/mol. The molecule has 2 heterocycles. The van der Waals surface area contributed by atoms with Crippen molar-refractivity contribution in [2.24, 2.45) is 5.92 Å². The van der Waals surface area contributed by atoms with Crippen molar-refractivity contribution in [3.8, 4) is 0 Å². The fourth-order valence-electron chi connectivity index (χ4n) is 2.82. The SMILES string of the molecule is O=C(C1CC1)N1C[C@@H](F)[C@@H](OCc2nc3ccccc3o2)C1. The Kier molecular flexibility index (Phi) is 3.33. The Hall–Kier alpha value is -1.95. The van der Waals surface area contributed by atoms with Crippen LogP contribution in [0.1, 0.15) is 18.7 Å². The minimum Gasteiger partial charge on any atom is -0.438 e. The Morgan fingerprint density at radius 3 is 2.95 bits per heavy atom. The van der Waals surface area contributed by atoms with E-state index in [-0.39, 0.29) is 25.0 Å². The van der Waals surface area contributed by atoms with Gasteiger partial charge in [-0.15, -0.1) is 0 Å². The number of rotatable bonds is 4. The van der Waals surface area contributed by atoms with Gasteiger partial charge in [0.15, 0.2) is 5.58 Å². The molecule has 0 bridgehead atoms.